The third-order valence-corrected chi connectivity index (χ3v) is 1.77. The summed E-state index contributed by atoms with van der Waals surface area (Å²) in [6, 6.07) is 0. The molecule has 0 aromatic heterocycles. The Kier molecular flexibility index (Phi) is 2.74. The third-order valence-electron chi connectivity index (χ3n) is 1.77. The van der Waals surface area contributed by atoms with Gasteiger partial charge in [-0.25, -0.2) is 0 Å². The zero-order valence-corrected chi connectivity index (χ0v) is 6.71. The van der Waals surface area contributed by atoms with Crippen LogP contribution < -0.4 is 0 Å². The molecule has 0 aliphatic heterocycles. The number of rotatable bonds is 2. The molecule has 0 saturated carbocycles. The van der Waals surface area contributed by atoms with Crippen molar-refractivity contribution in [1.29, 1.82) is 0 Å². The van der Waals surface area contributed by atoms with Gasteiger partial charge in [-0.1, -0.05) is 6.08 Å². The summed E-state index contributed by atoms with van der Waals surface area (Å²) in [5.41, 5.74) is 0.0103. The molecule has 0 spiro atoms. The Labute approximate surface area is 74.8 Å². The predicted octanol–water partition coefficient (Wildman–Crippen LogP) is -0.529. The van der Waals surface area contributed by atoms with Crippen molar-refractivity contribution in [2.45, 2.75) is 6.42 Å². The largest absolute Gasteiger partial charge is 0.512 e. The van der Waals surface area contributed by atoms with E-state index in [9.17, 15) is 4.79 Å². The molecule has 1 atom stereocenters. The number of carboxylic acids is 1. The van der Waals surface area contributed by atoms with E-state index < -0.39 is 19.0 Å². The lowest BCUT2D eigenvalue weighted by atomic mass is 9.74. The van der Waals surface area contributed by atoms with Crippen molar-refractivity contribution in [2.24, 2.45) is 5.92 Å². The minimum Gasteiger partial charge on any atom is -0.512 e. The maximum absolute atomic E-state index is 10.5. The van der Waals surface area contributed by atoms with E-state index in [0.29, 0.717) is 0 Å². The molecule has 0 fully saturated rings. The lowest BCUT2D eigenvalue weighted by Gasteiger charge is -2.14. The highest BCUT2D eigenvalue weighted by atomic mass is 16.4. The van der Waals surface area contributed by atoms with E-state index in [0.717, 1.165) is 6.08 Å². The monoisotopic (exact) mass is 184 g/mol. The van der Waals surface area contributed by atoms with Crippen LogP contribution in [0.25, 0.3) is 0 Å². The van der Waals surface area contributed by atoms with Crippen LogP contribution in [0.4, 0.5) is 0 Å². The van der Waals surface area contributed by atoms with Gasteiger partial charge < -0.3 is 20.3 Å². The molecule has 0 bridgehead atoms. The molecule has 13 heavy (non-hydrogen) atoms. The lowest BCUT2D eigenvalue weighted by Crippen LogP contribution is -2.22. The second-order valence-corrected chi connectivity index (χ2v) is 2.82. The van der Waals surface area contributed by atoms with Crippen molar-refractivity contribution in [3.8, 4) is 0 Å². The van der Waals surface area contributed by atoms with E-state index in [1.165, 1.54) is 6.08 Å². The van der Waals surface area contributed by atoms with Crippen molar-refractivity contribution < 1.29 is 25.1 Å². The normalized spacial score (nSPS) is 21.8. The smallest absolute Gasteiger partial charge is 0.488 e. The lowest BCUT2D eigenvalue weighted by molar-refractivity contribution is -0.140. The summed E-state index contributed by atoms with van der Waals surface area (Å²) >= 11 is 0. The van der Waals surface area contributed by atoms with E-state index in [-0.39, 0.29) is 17.7 Å². The highest BCUT2D eigenvalue weighted by Gasteiger charge is 2.25. The molecular formula is C7H9BO5. The standard InChI is InChI=1S/C7H9BO5/c9-6-2-4(7(10)11)1-5(3-6)8(12)13/h1,3-4,9,12-13H,2H2,(H,10,11). The topological polar surface area (TPSA) is 98.0 Å². The van der Waals surface area contributed by atoms with Gasteiger partial charge in [-0.05, 0) is 11.5 Å². The van der Waals surface area contributed by atoms with E-state index in [1.807, 2.05) is 0 Å². The average molecular weight is 184 g/mol. The SMILES string of the molecule is O=C(O)C1C=C(B(O)O)C=C(O)C1. The molecule has 0 aromatic rings. The van der Waals surface area contributed by atoms with Crippen LogP contribution in [0.2, 0.25) is 0 Å². The summed E-state index contributed by atoms with van der Waals surface area (Å²) in [5.74, 6) is -2.14. The average Bonchev–Trinajstić information content (AvgIpc) is 2.03. The van der Waals surface area contributed by atoms with Crippen LogP contribution in [0.1, 0.15) is 6.42 Å². The number of aliphatic carboxylic acids is 1. The Balaban J connectivity index is 2.88. The van der Waals surface area contributed by atoms with Crippen molar-refractivity contribution in [1.82, 2.24) is 0 Å². The first-order valence-corrected chi connectivity index (χ1v) is 3.71. The number of hydrogen-bond acceptors (Lipinski definition) is 4. The van der Waals surface area contributed by atoms with Gasteiger partial charge in [0.25, 0.3) is 0 Å². The van der Waals surface area contributed by atoms with Crippen molar-refractivity contribution >= 4 is 13.1 Å². The number of carboxylic acid groups (broad SMARTS) is 1. The van der Waals surface area contributed by atoms with Gasteiger partial charge in [0.15, 0.2) is 0 Å². The summed E-state index contributed by atoms with van der Waals surface area (Å²) in [6.07, 6.45) is 2.36. The molecular weight excluding hydrogens is 175 g/mol. The second-order valence-electron chi connectivity index (χ2n) is 2.82. The predicted molar refractivity (Wildman–Crippen MR) is 44.7 cm³/mol. The Morgan fingerprint density at radius 3 is 2.62 bits per heavy atom. The summed E-state index contributed by atoms with van der Waals surface area (Å²) < 4.78 is 0. The van der Waals surface area contributed by atoms with E-state index >= 15 is 0 Å². The first-order chi connectivity index (χ1) is 6.00. The first-order valence-electron chi connectivity index (χ1n) is 3.71. The van der Waals surface area contributed by atoms with Gasteiger partial charge in [0, 0.05) is 6.42 Å². The van der Waals surface area contributed by atoms with Gasteiger partial charge in [0.2, 0.25) is 0 Å². The zero-order valence-electron chi connectivity index (χ0n) is 6.71. The van der Waals surface area contributed by atoms with Crippen LogP contribution in [0, 0.1) is 5.92 Å². The van der Waals surface area contributed by atoms with Crippen LogP contribution in [0.3, 0.4) is 0 Å². The van der Waals surface area contributed by atoms with Gasteiger partial charge in [0.05, 0.1) is 11.7 Å². The molecule has 70 valence electrons. The second kappa shape index (κ2) is 3.63. The molecule has 6 heteroatoms. The third kappa shape index (κ3) is 2.33. The summed E-state index contributed by atoms with van der Waals surface area (Å²) in [5, 5.41) is 35.2. The molecule has 0 aromatic carbocycles. The molecule has 5 nitrogen and oxygen atoms in total. The molecule has 1 unspecified atom stereocenters. The van der Waals surface area contributed by atoms with Crippen molar-refractivity contribution in [2.75, 3.05) is 0 Å². The quantitative estimate of drug-likeness (QED) is 0.432. The molecule has 1 aliphatic carbocycles. The van der Waals surface area contributed by atoms with Crippen molar-refractivity contribution in [3.05, 3.63) is 23.4 Å². The highest BCUT2D eigenvalue weighted by molar-refractivity contribution is 6.51. The highest BCUT2D eigenvalue weighted by Crippen LogP contribution is 2.21. The Bertz CT molecular complexity index is 281. The Hall–Kier alpha value is -1.27. The maximum atomic E-state index is 10.5. The minimum absolute atomic E-state index is 0.00838. The fourth-order valence-electron chi connectivity index (χ4n) is 1.14. The van der Waals surface area contributed by atoms with Gasteiger partial charge in [-0.15, -0.1) is 0 Å². The molecule has 0 heterocycles. The summed E-state index contributed by atoms with van der Waals surface area (Å²) in [6.45, 7) is 0. The number of allylic oxidation sites excluding steroid dienone is 3. The van der Waals surface area contributed by atoms with Crippen LogP contribution >= 0.6 is 0 Å². The first kappa shape index (κ1) is 9.82. The van der Waals surface area contributed by atoms with Crippen LogP contribution in [0.5, 0.6) is 0 Å². The van der Waals surface area contributed by atoms with Gasteiger partial charge in [-0.3, -0.25) is 4.79 Å². The fourth-order valence-corrected chi connectivity index (χ4v) is 1.14. The molecule has 1 aliphatic rings. The Morgan fingerprint density at radius 1 is 1.54 bits per heavy atom. The zero-order chi connectivity index (χ0) is 10.0. The fraction of sp³-hybridized carbons (Fsp3) is 0.286. The van der Waals surface area contributed by atoms with Crippen LogP contribution in [0.15, 0.2) is 23.4 Å². The molecule has 0 amide bonds. The number of aliphatic hydroxyl groups excluding tert-OH is 1. The van der Waals surface area contributed by atoms with Crippen LogP contribution in [-0.4, -0.2) is 33.3 Å². The molecule has 4 N–H and O–H groups in total. The van der Waals surface area contributed by atoms with E-state index in [2.05, 4.69) is 0 Å². The molecule has 0 saturated heterocycles. The minimum atomic E-state index is -1.75. The molecule has 1 rings (SSSR count). The maximum Gasteiger partial charge on any atom is 0.488 e. The van der Waals surface area contributed by atoms with E-state index in [1.54, 1.807) is 0 Å². The van der Waals surface area contributed by atoms with Crippen molar-refractivity contribution in [3.63, 3.8) is 0 Å². The van der Waals surface area contributed by atoms with E-state index in [4.69, 9.17) is 20.3 Å². The summed E-state index contributed by atoms with van der Waals surface area (Å²) in [4.78, 5) is 10.5. The van der Waals surface area contributed by atoms with Crippen LogP contribution in [-0.2, 0) is 4.79 Å². The van der Waals surface area contributed by atoms with Gasteiger partial charge in [-0.2, -0.15) is 0 Å². The summed E-state index contributed by atoms with van der Waals surface area (Å²) in [7, 11) is -1.75. The van der Waals surface area contributed by atoms with Gasteiger partial charge >= 0.3 is 13.1 Å². The van der Waals surface area contributed by atoms with Gasteiger partial charge in [0.1, 0.15) is 0 Å². The number of hydrogen-bond donors (Lipinski definition) is 4. The molecule has 0 radical (unpaired) electrons. The number of carbonyl (C=O) groups is 1. The number of aliphatic hydroxyl groups is 1. The Morgan fingerprint density at radius 2 is 2.15 bits per heavy atom.